The SMILES string of the molecule is O=C(O)c1ccc(NCc2cc(Cl)cc(Cl)c2O)c(O)c1. The molecule has 0 saturated carbocycles. The maximum Gasteiger partial charge on any atom is 0.335 e. The molecule has 0 aliphatic rings. The number of aromatic carboxylic acids is 1. The summed E-state index contributed by atoms with van der Waals surface area (Å²) in [5.41, 5.74) is 0.761. The van der Waals surface area contributed by atoms with Gasteiger partial charge in [0.2, 0.25) is 0 Å². The molecule has 21 heavy (non-hydrogen) atoms. The number of nitrogens with one attached hydrogen (secondary N) is 1. The van der Waals surface area contributed by atoms with Crippen LogP contribution in [0.5, 0.6) is 11.5 Å². The van der Waals surface area contributed by atoms with E-state index in [0.29, 0.717) is 16.3 Å². The van der Waals surface area contributed by atoms with Crippen LogP contribution < -0.4 is 5.32 Å². The van der Waals surface area contributed by atoms with Gasteiger partial charge in [-0.15, -0.1) is 0 Å². The molecule has 0 heterocycles. The molecule has 0 bridgehead atoms. The van der Waals surface area contributed by atoms with E-state index in [2.05, 4.69) is 5.32 Å². The van der Waals surface area contributed by atoms with Gasteiger partial charge < -0.3 is 20.6 Å². The number of benzene rings is 2. The van der Waals surface area contributed by atoms with Gasteiger partial charge in [-0.3, -0.25) is 0 Å². The summed E-state index contributed by atoms with van der Waals surface area (Å²) in [7, 11) is 0. The zero-order valence-corrected chi connectivity index (χ0v) is 12.1. The third-order valence-corrected chi connectivity index (χ3v) is 3.33. The minimum atomic E-state index is -1.13. The van der Waals surface area contributed by atoms with Gasteiger partial charge in [0.1, 0.15) is 11.5 Å². The molecule has 0 unspecified atom stereocenters. The van der Waals surface area contributed by atoms with Gasteiger partial charge in [-0.1, -0.05) is 23.2 Å². The van der Waals surface area contributed by atoms with Crippen LogP contribution >= 0.6 is 23.2 Å². The fourth-order valence-electron chi connectivity index (χ4n) is 1.76. The zero-order chi connectivity index (χ0) is 15.6. The van der Waals surface area contributed by atoms with Crippen molar-refractivity contribution < 1.29 is 20.1 Å². The number of phenolic OH excluding ortho intramolecular Hbond substituents is 2. The van der Waals surface area contributed by atoms with Gasteiger partial charge in [0.15, 0.2) is 0 Å². The van der Waals surface area contributed by atoms with Crippen LogP contribution in [0.4, 0.5) is 5.69 Å². The van der Waals surface area contributed by atoms with Crippen LogP contribution in [0, 0.1) is 0 Å². The normalized spacial score (nSPS) is 10.4. The van der Waals surface area contributed by atoms with Gasteiger partial charge in [0, 0.05) is 17.1 Å². The van der Waals surface area contributed by atoms with Crippen molar-refractivity contribution in [3.63, 3.8) is 0 Å². The van der Waals surface area contributed by atoms with Crippen LogP contribution in [-0.2, 0) is 6.54 Å². The Labute approximate surface area is 130 Å². The van der Waals surface area contributed by atoms with Crippen molar-refractivity contribution in [1.29, 1.82) is 0 Å². The highest BCUT2D eigenvalue weighted by Crippen LogP contribution is 2.32. The topological polar surface area (TPSA) is 89.8 Å². The fraction of sp³-hybridized carbons (Fsp3) is 0.0714. The molecule has 2 aromatic rings. The van der Waals surface area contributed by atoms with Crippen molar-refractivity contribution in [3.8, 4) is 11.5 Å². The van der Waals surface area contributed by atoms with E-state index in [9.17, 15) is 15.0 Å². The van der Waals surface area contributed by atoms with Crippen molar-refractivity contribution >= 4 is 34.9 Å². The van der Waals surface area contributed by atoms with Gasteiger partial charge in [-0.05, 0) is 30.3 Å². The number of hydrogen-bond donors (Lipinski definition) is 4. The van der Waals surface area contributed by atoms with E-state index in [0.717, 1.165) is 6.07 Å². The molecule has 0 saturated heterocycles. The number of phenols is 2. The highest BCUT2D eigenvalue weighted by atomic mass is 35.5. The highest BCUT2D eigenvalue weighted by Gasteiger charge is 2.10. The first-order valence-corrected chi connectivity index (χ1v) is 6.61. The number of aromatic hydroxyl groups is 2. The summed E-state index contributed by atoms with van der Waals surface area (Å²) in [5.74, 6) is -1.44. The number of halogens is 2. The van der Waals surface area contributed by atoms with Gasteiger partial charge >= 0.3 is 5.97 Å². The first-order valence-electron chi connectivity index (χ1n) is 5.85. The van der Waals surface area contributed by atoms with Crippen LogP contribution in [0.25, 0.3) is 0 Å². The minimum absolute atomic E-state index is 0.0216. The molecule has 2 rings (SSSR count). The smallest absolute Gasteiger partial charge is 0.335 e. The number of carboxylic acid groups (broad SMARTS) is 1. The largest absolute Gasteiger partial charge is 0.506 e. The maximum absolute atomic E-state index is 10.8. The van der Waals surface area contributed by atoms with Crippen molar-refractivity contribution in [2.75, 3.05) is 5.32 Å². The van der Waals surface area contributed by atoms with Crippen LogP contribution in [0.15, 0.2) is 30.3 Å². The van der Waals surface area contributed by atoms with Gasteiger partial charge in [-0.25, -0.2) is 4.79 Å². The van der Waals surface area contributed by atoms with Crippen molar-refractivity contribution in [2.45, 2.75) is 6.54 Å². The maximum atomic E-state index is 10.8. The average molecular weight is 328 g/mol. The summed E-state index contributed by atoms with van der Waals surface area (Å²) in [4.78, 5) is 10.8. The van der Waals surface area contributed by atoms with E-state index in [-0.39, 0.29) is 28.6 Å². The molecule has 2 aromatic carbocycles. The summed E-state index contributed by atoms with van der Waals surface area (Å²) in [5, 5.41) is 31.8. The number of carboxylic acids is 1. The molecule has 5 nitrogen and oxygen atoms in total. The number of anilines is 1. The van der Waals surface area contributed by atoms with Gasteiger partial charge in [-0.2, -0.15) is 0 Å². The molecular weight excluding hydrogens is 317 g/mol. The predicted octanol–water partition coefficient (Wildman–Crippen LogP) is 3.71. The summed E-state index contributed by atoms with van der Waals surface area (Å²) in [6.07, 6.45) is 0. The molecule has 4 N–H and O–H groups in total. The second-order valence-electron chi connectivity index (χ2n) is 4.29. The van der Waals surface area contributed by atoms with Gasteiger partial charge in [0.25, 0.3) is 0 Å². The van der Waals surface area contributed by atoms with E-state index in [1.807, 2.05) is 0 Å². The lowest BCUT2D eigenvalue weighted by Gasteiger charge is -2.11. The Bertz CT molecular complexity index is 704. The third kappa shape index (κ3) is 3.51. The van der Waals surface area contributed by atoms with E-state index in [1.165, 1.54) is 18.2 Å². The Hall–Kier alpha value is -2.11. The molecule has 0 spiro atoms. The molecule has 7 heteroatoms. The molecule has 110 valence electrons. The molecule has 0 fully saturated rings. The molecule has 0 aliphatic carbocycles. The molecule has 0 atom stereocenters. The zero-order valence-electron chi connectivity index (χ0n) is 10.6. The summed E-state index contributed by atoms with van der Waals surface area (Å²) in [6, 6.07) is 6.88. The van der Waals surface area contributed by atoms with Gasteiger partial charge in [0.05, 0.1) is 16.3 Å². The lowest BCUT2D eigenvalue weighted by atomic mass is 10.1. The summed E-state index contributed by atoms with van der Waals surface area (Å²) >= 11 is 11.7. The minimum Gasteiger partial charge on any atom is -0.506 e. The van der Waals surface area contributed by atoms with E-state index < -0.39 is 5.97 Å². The second kappa shape index (κ2) is 6.11. The number of rotatable bonds is 4. The molecule has 0 radical (unpaired) electrons. The van der Waals surface area contributed by atoms with Crippen LogP contribution in [-0.4, -0.2) is 21.3 Å². The standard InChI is InChI=1S/C14H11Cl2NO4/c15-9-3-8(13(19)10(16)5-9)6-17-11-2-1-7(14(20)21)4-12(11)18/h1-5,17-19H,6H2,(H,20,21). The lowest BCUT2D eigenvalue weighted by molar-refractivity contribution is 0.0696. The molecule has 0 aromatic heterocycles. The predicted molar refractivity (Wildman–Crippen MR) is 80.5 cm³/mol. The lowest BCUT2D eigenvalue weighted by Crippen LogP contribution is -2.02. The third-order valence-electron chi connectivity index (χ3n) is 2.82. The van der Waals surface area contributed by atoms with Crippen molar-refractivity contribution in [1.82, 2.24) is 0 Å². The van der Waals surface area contributed by atoms with Crippen molar-refractivity contribution in [2.24, 2.45) is 0 Å². The fourth-order valence-corrected chi connectivity index (χ4v) is 2.29. The van der Waals surface area contributed by atoms with Crippen molar-refractivity contribution in [3.05, 3.63) is 51.5 Å². The van der Waals surface area contributed by atoms with Crippen LogP contribution in [0.3, 0.4) is 0 Å². The Morgan fingerprint density at radius 1 is 1.14 bits per heavy atom. The monoisotopic (exact) mass is 327 g/mol. The average Bonchev–Trinajstić information content (AvgIpc) is 2.42. The molecule has 0 amide bonds. The van der Waals surface area contributed by atoms with Crippen LogP contribution in [0.2, 0.25) is 10.0 Å². The Morgan fingerprint density at radius 2 is 1.86 bits per heavy atom. The molecule has 0 aliphatic heterocycles. The van der Waals surface area contributed by atoms with E-state index >= 15 is 0 Å². The Kier molecular flexibility index (Phi) is 4.45. The summed E-state index contributed by atoms with van der Waals surface area (Å²) in [6.45, 7) is 0.159. The highest BCUT2D eigenvalue weighted by molar-refractivity contribution is 6.35. The van der Waals surface area contributed by atoms with E-state index in [4.69, 9.17) is 28.3 Å². The number of hydrogen-bond acceptors (Lipinski definition) is 4. The molecular formula is C14H11Cl2NO4. The second-order valence-corrected chi connectivity index (χ2v) is 5.13. The first-order chi connectivity index (χ1) is 9.88. The van der Waals surface area contributed by atoms with E-state index in [1.54, 1.807) is 6.07 Å². The summed E-state index contributed by atoms with van der Waals surface area (Å²) < 4.78 is 0. The Balaban J connectivity index is 2.19. The van der Waals surface area contributed by atoms with Crippen LogP contribution in [0.1, 0.15) is 15.9 Å². The Morgan fingerprint density at radius 3 is 2.48 bits per heavy atom. The first kappa shape index (κ1) is 15.3. The quantitative estimate of drug-likeness (QED) is 0.642. The number of carbonyl (C=O) groups is 1.